The highest BCUT2D eigenvalue weighted by molar-refractivity contribution is 6.00. The Balaban J connectivity index is 2.59. The number of rotatable bonds is 4. The summed E-state index contributed by atoms with van der Waals surface area (Å²) in [6, 6.07) is 0.239. The third-order valence-corrected chi connectivity index (χ3v) is 2.77. The number of nitrogens with one attached hydrogen (secondary N) is 1. The maximum Gasteiger partial charge on any atom is 0.331 e. The second kappa shape index (κ2) is 4.64. The number of aliphatic imine (C=N–C) groups is 1. The summed E-state index contributed by atoms with van der Waals surface area (Å²) in [6.07, 6.45) is 3.47. The summed E-state index contributed by atoms with van der Waals surface area (Å²) in [7, 11) is 0. The molecule has 0 amide bonds. The number of hydrogen-bond donors (Lipinski definition) is 2. The largest absolute Gasteiger partial charge is 0.494 e. The van der Waals surface area contributed by atoms with Crippen LogP contribution in [0, 0.1) is 0 Å². The molecule has 0 saturated heterocycles. The van der Waals surface area contributed by atoms with Crippen LogP contribution in [0.5, 0.6) is 5.88 Å². The Morgan fingerprint density at radius 3 is 2.83 bits per heavy atom. The van der Waals surface area contributed by atoms with Crippen molar-refractivity contribution in [2.45, 2.75) is 32.4 Å². The summed E-state index contributed by atoms with van der Waals surface area (Å²) in [5, 5.41) is 10.00. The van der Waals surface area contributed by atoms with Crippen LogP contribution < -0.4 is 11.2 Å². The Morgan fingerprint density at radius 2 is 2.28 bits per heavy atom. The highest BCUT2D eigenvalue weighted by Gasteiger charge is 2.23. The molecule has 2 rings (SSSR count). The topological polar surface area (TPSA) is 87.4 Å². The molecule has 6 heteroatoms. The van der Waals surface area contributed by atoms with Gasteiger partial charge in [0.25, 0.3) is 5.56 Å². The van der Waals surface area contributed by atoms with Gasteiger partial charge in [-0.05, 0) is 19.8 Å². The van der Waals surface area contributed by atoms with E-state index in [4.69, 9.17) is 0 Å². The average Bonchev–Trinajstić information content (AvgIpc) is 3.07. The lowest BCUT2D eigenvalue weighted by molar-refractivity contribution is 0.409. The van der Waals surface area contributed by atoms with Crippen LogP contribution in [0.3, 0.4) is 0 Å². The van der Waals surface area contributed by atoms with Gasteiger partial charge in [0.2, 0.25) is 5.88 Å². The molecule has 1 aromatic heterocycles. The van der Waals surface area contributed by atoms with Gasteiger partial charge in [-0.15, -0.1) is 6.58 Å². The third-order valence-electron chi connectivity index (χ3n) is 2.77. The lowest BCUT2D eigenvalue weighted by atomic mass is 10.2. The number of aromatic nitrogens is 2. The molecule has 1 aliphatic rings. The van der Waals surface area contributed by atoms with Gasteiger partial charge in [0.05, 0.1) is 11.8 Å². The molecular formula is C12H15N3O3. The summed E-state index contributed by atoms with van der Waals surface area (Å²) < 4.78 is 1.05. The normalized spacial score (nSPS) is 15.7. The van der Waals surface area contributed by atoms with E-state index in [1.54, 1.807) is 6.92 Å². The van der Waals surface area contributed by atoms with E-state index in [-0.39, 0.29) is 24.0 Å². The molecule has 0 aromatic carbocycles. The highest BCUT2D eigenvalue weighted by Crippen LogP contribution is 2.25. The van der Waals surface area contributed by atoms with Crippen molar-refractivity contribution >= 4 is 5.71 Å². The van der Waals surface area contributed by atoms with Crippen LogP contribution in [-0.4, -0.2) is 26.4 Å². The van der Waals surface area contributed by atoms with E-state index in [0.717, 1.165) is 17.4 Å². The average molecular weight is 249 g/mol. The van der Waals surface area contributed by atoms with Gasteiger partial charge in [-0.1, -0.05) is 6.08 Å². The summed E-state index contributed by atoms with van der Waals surface area (Å²) in [6.45, 7) is 5.29. The third kappa shape index (κ3) is 2.27. The van der Waals surface area contributed by atoms with Crippen molar-refractivity contribution in [1.82, 2.24) is 9.55 Å². The standard InChI is InChI=1S/C12H15N3O3/c1-3-6-15-11(17)9(10(16)14-12(15)18)7(2)13-8-4-5-8/h3,8,17H,1,4-6H2,2H3,(H,14,16,18). The lowest BCUT2D eigenvalue weighted by Crippen LogP contribution is -2.33. The van der Waals surface area contributed by atoms with Crippen LogP contribution in [-0.2, 0) is 6.54 Å². The molecule has 1 fully saturated rings. The molecule has 0 atom stereocenters. The predicted octanol–water partition coefficient (Wildman–Crippen LogP) is 0.400. The Kier molecular flexibility index (Phi) is 3.18. The summed E-state index contributed by atoms with van der Waals surface area (Å²) in [5.74, 6) is -0.356. The zero-order valence-corrected chi connectivity index (χ0v) is 10.1. The van der Waals surface area contributed by atoms with Crippen molar-refractivity contribution in [3.05, 3.63) is 39.1 Å². The lowest BCUT2D eigenvalue weighted by Gasteiger charge is -2.09. The molecule has 18 heavy (non-hydrogen) atoms. The molecule has 0 aliphatic heterocycles. The van der Waals surface area contributed by atoms with Gasteiger partial charge in [-0.3, -0.25) is 19.3 Å². The van der Waals surface area contributed by atoms with Gasteiger partial charge in [-0.25, -0.2) is 4.79 Å². The van der Waals surface area contributed by atoms with E-state index in [2.05, 4.69) is 16.6 Å². The molecule has 0 radical (unpaired) electrons. The number of H-pyrrole nitrogens is 1. The molecule has 96 valence electrons. The second-order valence-electron chi connectivity index (χ2n) is 4.30. The Labute approximate surface area is 103 Å². The molecule has 1 aliphatic carbocycles. The summed E-state index contributed by atoms with van der Waals surface area (Å²) in [4.78, 5) is 29.7. The number of aromatic amines is 1. The molecule has 0 spiro atoms. The summed E-state index contributed by atoms with van der Waals surface area (Å²) >= 11 is 0. The molecule has 1 heterocycles. The fourth-order valence-electron chi connectivity index (χ4n) is 1.73. The molecule has 0 unspecified atom stereocenters. The van der Waals surface area contributed by atoms with E-state index >= 15 is 0 Å². The minimum atomic E-state index is -0.652. The van der Waals surface area contributed by atoms with Crippen LogP contribution in [0.1, 0.15) is 25.3 Å². The molecule has 1 aromatic rings. The van der Waals surface area contributed by atoms with E-state index in [0.29, 0.717) is 5.71 Å². The van der Waals surface area contributed by atoms with Crippen molar-refractivity contribution in [2.75, 3.05) is 0 Å². The fraction of sp³-hybridized carbons (Fsp3) is 0.417. The smallest absolute Gasteiger partial charge is 0.331 e. The highest BCUT2D eigenvalue weighted by atomic mass is 16.3. The molecule has 2 N–H and O–H groups in total. The maximum absolute atomic E-state index is 11.7. The van der Waals surface area contributed by atoms with Gasteiger partial charge in [0.1, 0.15) is 5.56 Å². The van der Waals surface area contributed by atoms with Gasteiger partial charge >= 0.3 is 5.69 Å². The number of hydrogen-bond acceptors (Lipinski definition) is 4. The number of aromatic hydroxyl groups is 1. The monoisotopic (exact) mass is 249 g/mol. The SMILES string of the molecule is C=CCn1c(O)c(C(C)=NC2CC2)c(=O)[nH]c1=O. The van der Waals surface area contributed by atoms with Crippen molar-refractivity contribution in [1.29, 1.82) is 0 Å². The second-order valence-corrected chi connectivity index (χ2v) is 4.30. The van der Waals surface area contributed by atoms with Crippen LogP contribution in [0.15, 0.2) is 27.2 Å². The zero-order valence-electron chi connectivity index (χ0n) is 10.1. The van der Waals surface area contributed by atoms with Crippen LogP contribution in [0.4, 0.5) is 0 Å². The van der Waals surface area contributed by atoms with Gasteiger partial charge in [-0.2, -0.15) is 0 Å². The van der Waals surface area contributed by atoms with Crippen molar-refractivity contribution in [3.8, 4) is 5.88 Å². The minimum absolute atomic E-state index is 0.0587. The fourth-order valence-corrected chi connectivity index (χ4v) is 1.73. The molecule has 1 saturated carbocycles. The first-order chi connectivity index (χ1) is 8.54. The predicted molar refractivity (Wildman–Crippen MR) is 68.4 cm³/mol. The van der Waals surface area contributed by atoms with Crippen LogP contribution in [0.25, 0.3) is 0 Å². The maximum atomic E-state index is 11.7. The van der Waals surface area contributed by atoms with E-state index in [1.807, 2.05) is 0 Å². The Hall–Kier alpha value is -2.11. The van der Waals surface area contributed by atoms with Crippen molar-refractivity contribution in [3.63, 3.8) is 0 Å². The van der Waals surface area contributed by atoms with E-state index < -0.39 is 11.2 Å². The Bertz CT molecular complexity index is 620. The van der Waals surface area contributed by atoms with Crippen molar-refractivity contribution < 1.29 is 5.11 Å². The van der Waals surface area contributed by atoms with E-state index in [1.165, 1.54) is 6.08 Å². The zero-order chi connectivity index (χ0) is 13.3. The molecule has 6 nitrogen and oxygen atoms in total. The van der Waals surface area contributed by atoms with Gasteiger partial charge in [0.15, 0.2) is 0 Å². The van der Waals surface area contributed by atoms with Crippen LogP contribution in [0.2, 0.25) is 0 Å². The first kappa shape index (κ1) is 12.3. The van der Waals surface area contributed by atoms with Crippen molar-refractivity contribution in [2.24, 2.45) is 4.99 Å². The minimum Gasteiger partial charge on any atom is -0.494 e. The molecular weight excluding hydrogens is 234 g/mol. The molecule has 0 bridgehead atoms. The van der Waals surface area contributed by atoms with Crippen LogP contribution >= 0.6 is 0 Å². The first-order valence-electron chi connectivity index (χ1n) is 5.76. The van der Waals surface area contributed by atoms with E-state index in [9.17, 15) is 14.7 Å². The Morgan fingerprint density at radius 1 is 1.61 bits per heavy atom. The first-order valence-corrected chi connectivity index (χ1v) is 5.76. The van der Waals surface area contributed by atoms with Gasteiger partial charge < -0.3 is 5.11 Å². The van der Waals surface area contributed by atoms with Gasteiger partial charge in [0, 0.05) is 6.54 Å². The number of nitrogens with zero attached hydrogens (tertiary/aromatic N) is 2. The number of allylic oxidation sites excluding steroid dienone is 1. The summed E-state index contributed by atoms with van der Waals surface area (Å²) in [5.41, 5.74) is -0.752. The quantitative estimate of drug-likeness (QED) is 0.598.